The monoisotopic (exact) mass is 353 g/mol. The molecule has 5 heteroatoms. The Bertz CT molecular complexity index is 865. The quantitative estimate of drug-likeness (QED) is 0.447. The van der Waals surface area contributed by atoms with Crippen LogP contribution in [-0.2, 0) is 9.53 Å². The number of cyclic esters (lactones) is 1. The van der Waals surface area contributed by atoms with Gasteiger partial charge in [-0.25, -0.2) is 9.79 Å². The fourth-order valence-electron chi connectivity index (χ4n) is 2.15. The molecule has 0 bridgehead atoms. The van der Waals surface area contributed by atoms with Gasteiger partial charge in [0.05, 0.1) is 0 Å². The van der Waals surface area contributed by atoms with E-state index in [4.69, 9.17) is 21.1 Å². The molecule has 2 aromatic rings. The highest BCUT2D eigenvalue weighted by Crippen LogP contribution is 2.21. The second kappa shape index (κ2) is 7.36. The summed E-state index contributed by atoms with van der Waals surface area (Å²) in [6.45, 7) is 6.17. The molecule has 0 unspecified atom stereocenters. The molecule has 0 atom stereocenters. The third kappa shape index (κ3) is 4.37. The first kappa shape index (κ1) is 17.0. The summed E-state index contributed by atoms with van der Waals surface area (Å²) < 4.78 is 10.8. The minimum atomic E-state index is -0.479. The highest BCUT2D eigenvalue weighted by Gasteiger charge is 2.24. The van der Waals surface area contributed by atoms with Crippen molar-refractivity contribution in [2.45, 2.75) is 6.92 Å². The molecule has 0 N–H and O–H groups in total. The van der Waals surface area contributed by atoms with E-state index in [0.717, 1.165) is 16.9 Å². The van der Waals surface area contributed by atoms with Crippen molar-refractivity contribution in [3.05, 3.63) is 82.5 Å². The maximum Gasteiger partial charge on any atom is 0.363 e. The predicted molar refractivity (Wildman–Crippen MR) is 98.8 cm³/mol. The predicted octanol–water partition coefficient (Wildman–Crippen LogP) is 4.64. The maximum absolute atomic E-state index is 12.0. The largest absolute Gasteiger partial charge is 0.489 e. The van der Waals surface area contributed by atoms with E-state index in [2.05, 4.69) is 11.6 Å². The highest BCUT2D eigenvalue weighted by atomic mass is 35.5. The van der Waals surface area contributed by atoms with Crippen LogP contribution < -0.4 is 4.74 Å². The SMILES string of the molecule is C=C(C)COc1ccc(C=C2N=C(c3ccc(Cl)cc3)OC2=O)cc1. The Morgan fingerprint density at radius 3 is 2.52 bits per heavy atom. The summed E-state index contributed by atoms with van der Waals surface area (Å²) >= 11 is 5.86. The summed E-state index contributed by atoms with van der Waals surface area (Å²) in [7, 11) is 0. The molecule has 2 aromatic carbocycles. The van der Waals surface area contributed by atoms with Crippen molar-refractivity contribution in [3.8, 4) is 5.75 Å². The first-order valence-electron chi connectivity index (χ1n) is 7.67. The zero-order valence-corrected chi connectivity index (χ0v) is 14.4. The van der Waals surface area contributed by atoms with E-state index in [-0.39, 0.29) is 11.6 Å². The van der Waals surface area contributed by atoms with Crippen LogP contribution in [0, 0.1) is 0 Å². The average molecular weight is 354 g/mol. The summed E-state index contributed by atoms with van der Waals surface area (Å²) in [6.07, 6.45) is 1.67. The van der Waals surface area contributed by atoms with Gasteiger partial charge in [-0.1, -0.05) is 30.3 Å². The molecular weight excluding hydrogens is 338 g/mol. The van der Waals surface area contributed by atoms with Gasteiger partial charge in [0.15, 0.2) is 5.70 Å². The fourth-order valence-corrected chi connectivity index (χ4v) is 2.28. The highest BCUT2D eigenvalue weighted by molar-refractivity contribution is 6.30. The van der Waals surface area contributed by atoms with Crippen molar-refractivity contribution in [1.29, 1.82) is 0 Å². The van der Waals surface area contributed by atoms with Gasteiger partial charge < -0.3 is 9.47 Å². The Morgan fingerprint density at radius 2 is 1.88 bits per heavy atom. The van der Waals surface area contributed by atoms with Crippen molar-refractivity contribution in [1.82, 2.24) is 0 Å². The van der Waals surface area contributed by atoms with Gasteiger partial charge in [-0.15, -0.1) is 0 Å². The van der Waals surface area contributed by atoms with Crippen molar-refractivity contribution < 1.29 is 14.3 Å². The Morgan fingerprint density at radius 1 is 1.20 bits per heavy atom. The Hall–Kier alpha value is -2.85. The van der Waals surface area contributed by atoms with E-state index < -0.39 is 5.97 Å². The molecule has 126 valence electrons. The molecule has 3 rings (SSSR count). The second-order valence-corrected chi connectivity index (χ2v) is 6.09. The number of carbonyl (C=O) groups excluding carboxylic acids is 1. The van der Waals surface area contributed by atoms with Gasteiger partial charge in [0.2, 0.25) is 5.90 Å². The standard InChI is InChI=1S/C20H16ClNO3/c1-13(2)12-24-17-9-3-14(4-10-17)11-18-20(23)25-19(22-18)15-5-7-16(21)8-6-15/h3-11H,1,12H2,2H3. The molecule has 0 spiro atoms. The normalized spacial score (nSPS) is 15.0. The van der Waals surface area contributed by atoms with Crippen molar-refractivity contribution in [2.24, 2.45) is 4.99 Å². The first-order valence-corrected chi connectivity index (χ1v) is 8.05. The Balaban J connectivity index is 1.77. The van der Waals surface area contributed by atoms with Crippen LogP contribution in [-0.4, -0.2) is 18.5 Å². The lowest BCUT2D eigenvalue weighted by atomic mass is 10.2. The van der Waals surface area contributed by atoms with Crippen LogP contribution in [0.2, 0.25) is 5.02 Å². The van der Waals surface area contributed by atoms with Gasteiger partial charge >= 0.3 is 5.97 Å². The van der Waals surface area contributed by atoms with Crippen LogP contribution >= 0.6 is 11.6 Å². The summed E-state index contributed by atoms with van der Waals surface area (Å²) in [5, 5.41) is 0.610. The number of benzene rings is 2. The minimum absolute atomic E-state index is 0.251. The van der Waals surface area contributed by atoms with Crippen LogP contribution in [0.3, 0.4) is 0 Å². The van der Waals surface area contributed by atoms with Crippen LogP contribution in [0.1, 0.15) is 18.1 Å². The lowest BCUT2D eigenvalue weighted by Gasteiger charge is -2.05. The number of aliphatic imine (C=N–C) groups is 1. The molecule has 0 aromatic heterocycles. The molecule has 0 aliphatic carbocycles. The third-order valence-electron chi connectivity index (χ3n) is 3.38. The summed E-state index contributed by atoms with van der Waals surface area (Å²) in [5.74, 6) is 0.534. The Labute approximate surface area is 151 Å². The van der Waals surface area contributed by atoms with E-state index in [1.54, 1.807) is 30.3 Å². The fraction of sp³-hybridized carbons (Fsp3) is 0.100. The number of rotatable bonds is 5. The molecule has 0 saturated carbocycles. The maximum atomic E-state index is 12.0. The molecule has 0 fully saturated rings. The van der Waals surface area contributed by atoms with E-state index in [9.17, 15) is 4.79 Å². The third-order valence-corrected chi connectivity index (χ3v) is 3.63. The smallest absolute Gasteiger partial charge is 0.363 e. The minimum Gasteiger partial charge on any atom is -0.489 e. The van der Waals surface area contributed by atoms with Crippen molar-refractivity contribution in [3.63, 3.8) is 0 Å². The lowest BCUT2D eigenvalue weighted by molar-refractivity contribution is -0.129. The van der Waals surface area contributed by atoms with Gasteiger partial charge in [0.1, 0.15) is 12.4 Å². The van der Waals surface area contributed by atoms with Crippen LogP contribution in [0.4, 0.5) is 0 Å². The van der Waals surface area contributed by atoms with Gasteiger partial charge in [-0.2, -0.15) is 0 Å². The summed E-state index contributed by atoms with van der Waals surface area (Å²) in [6, 6.07) is 14.3. The van der Waals surface area contributed by atoms with Gasteiger partial charge in [0, 0.05) is 10.6 Å². The molecular formula is C20H16ClNO3. The first-order chi connectivity index (χ1) is 12.0. The molecule has 1 heterocycles. The average Bonchev–Trinajstić information content (AvgIpc) is 2.95. The number of ether oxygens (including phenoxy) is 2. The van der Waals surface area contributed by atoms with E-state index in [0.29, 0.717) is 17.2 Å². The number of esters is 1. The summed E-state index contributed by atoms with van der Waals surface area (Å²) in [4.78, 5) is 16.3. The molecule has 1 aliphatic heterocycles. The molecule has 0 saturated heterocycles. The lowest BCUT2D eigenvalue weighted by Crippen LogP contribution is -2.05. The zero-order valence-electron chi connectivity index (χ0n) is 13.7. The molecule has 25 heavy (non-hydrogen) atoms. The van der Waals surface area contributed by atoms with E-state index >= 15 is 0 Å². The zero-order chi connectivity index (χ0) is 17.8. The van der Waals surface area contributed by atoms with Crippen molar-refractivity contribution in [2.75, 3.05) is 6.61 Å². The van der Waals surface area contributed by atoms with Crippen LogP contribution in [0.25, 0.3) is 6.08 Å². The molecule has 4 nitrogen and oxygen atoms in total. The van der Waals surface area contributed by atoms with Crippen LogP contribution in [0.15, 0.2) is 71.4 Å². The van der Waals surface area contributed by atoms with Crippen molar-refractivity contribution >= 4 is 29.5 Å². The number of halogens is 1. The number of carbonyl (C=O) groups is 1. The molecule has 0 amide bonds. The van der Waals surface area contributed by atoms with E-state index in [1.165, 1.54) is 0 Å². The van der Waals surface area contributed by atoms with Crippen LogP contribution in [0.5, 0.6) is 5.75 Å². The topological polar surface area (TPSA) is 47.9 Å². The molecule has 0 radical (unpaired) electrons. The van der Waals surface area contributed by atoms with Gasteiger partial charge in [-0.05, 0) is 60.5 Å². The van der Waals surface area contributed by atoms with Gasteiger partial charge in [-0.3, -0.25) is 0 Å². The number of hydrogen-bond acceptors (Lipinski definition) is 4. The Kier molecular flexibility index (Phi) is 5.00. The number of nitrogens with zero attached hydrogens (tertiary/aromatic N) is 1. The summed E-state index contributed by atoms with van der Waals surface area (Å²) in [5.41, 5.74) is 2.73. The number of hydrogen-bond donors (Lipinski definition) is 0. The van der Waals surface area contributed by atoms with E-state index in [1.807, 2.05) is 31.2 Å². The van der Waals surface area contributed by atoms with Gasteiger partial charge in [0.25, 0.3) is 0 Å². The second-order valence-electron chi connectivity index (χ2n) is 5.66. The molecule has 1 aliphatic rings.